The average molecular weight is 248 g/mol. The molecule has 1 atom stereocenters. The van der Waals surface area contributed by atoms with Crippen LogP contribution < -0.4 is 10.6 Å². The van der Waals surface area contributed by atoms with Crippen molar-refractivity contribution in [1.29, 1.82) is 0 Å². The minimum atomic E-state index is -0.319. The van der Waals surface area contributed by atoms with Crippen LogP contribution in [0.2, 0.25) is 0 Å². The van der Waals surface area contributed by atoms with Crippen LogP contribution >= 0.6 is 0 Å². The van der Waals surface area contributed by atoms with Gasteiger partial charge >= 0.3 is 5.97 Å². The Kier molecular flexibility index (Phi) is 3.75. The number of nitrogen functional groups attached to an aromatic ring is 1. The predicted molar refractivity (Wildman–Crippen MR) is 72.9 cm³/mol. The van der Waals surface area contributed by atoms with E-state index in [1.54, 1.807) is 12.1 Å². The van der Waals surface area contributed by atoms with Crippen LogP contribution in [0.15, 0.2) is 18.2 Å². The molecule has 0 spiro atoms. The van der Waals surface area contributed by atoms with Crippen molar-refractivity contribution in [2.45, 2.75) is 32.2 Å². The maximum absolute atomic E-state index is 11.6. The lowest BCUT2D eigenvalue weighted by Crippen LogP contribution is -2.38. The van der Waals surface area contributed by atoms with Crippen molar-refractivity contribution in [2.24, 2.45) is 0 Å². The van der Waals surface area contributed by atoms with E-state index in [4.69, 9.17) is 10.5 Å². The molecule has 1 fully saturated rings. The molecular formula is C14H20N2O2. The van der Waals surface area contributed by atoms with Gasteiger partial charge in [-0.05, 0) is 44.4 Å². The molecular weight excluding hydrogens is 228 g/mol. The Morgan fingerprint density at radius 3 is 2.89 bits per heavy atom. The lowest BCUT2D eigenvalue weighted by molar-refractivity contribution is 0.0601. The van der Waals surface area contributed by atoms with Gasteiger partial charge in [0, 0.05) is 12.6 Å². The van der Waals surface area contributed by atoms with Gasteiger partial charge in [0.2, 0.25) is 0 Å². The second-order valence-corrected chi connectivity index (χ2v) is 4.80. The number of nitrogens with two attached hydrogens (primary N) is 1. The molecule has 1 heterocycles. The van der Waals surface area contributed by atoms with Crippen molar-refractivity contribution in [3.8, 4) is 0 Å². The predicted octanol–water partition coefficient (Wildman–Crippen LogP) is 2.43. The van der Waals surface area contributed by atoms with E-state index >= 15 is 0 Å². The lowest BCUT2D eigenvalue weighted by atomic mass is 10.0. The number of hydrogen-bond donors (Lipinski definition) is 1. The van der Waals surface area contributed by atoms with Crippen LogP contribution in [0.25, 0.3) is 0 Å². The van der Waals surface area contributed by atoms with Crippen LogP contribution in [-0.2, 0) is 4.74 Å². The molecule has 1 saturated heterocycles. The number of ether oxygens (including phenoxy) is 1. The highest BCUT2D eigenvalue weighted by Crippen LogP contribution is 2.30. The Labute approximate surface area is 108 Å². The monoisotopic (exact) mass is 248 g/mol. The quantitative estimate of drug-likeness (QED) is 0.645. The van der Waals surface area contributed by atoms with E-state index in [-0.39, 0.29) is 5.97 Å². The highest BCUT2D eigenvalue weighted by atomic mass is 16.5. The summed E-state index contributed by atoms with van der Waals surface area (Å²) in [4.78, 5) is 13.8. The van der Waals surface area contributed by atoms with Crippen molar-refractivity contribution in [3.05, 3.63) is 23.8 Å². The number of esters is 1. The molecule has 18 heavy (non-hydrogen) atoms. The molecule has 1 aliphatic rings. The summed E-state index contributed by atoms with van der Waals surface area (Å²) in [7, 11) is 1.39. The molecule has 1 aliphatic heterocycles. The number of benzene rings is 1. The summed E-state index contributed by atoms with van der Waals surface area (Å²) in [6.45, 7) is 3.19. The van der Waals surface area contributed by atoms with Crippen molar-refractivity contribution in [3.63, 3.8) is 0 Å². The van der Waals surface area contributed by atoms with E-state index < -0.39 is 0 Å². The van der Waals surface area contributed by atoms with Crippen LogP contribution in [0.4, 0.5) is 11.4 Å². The van der Waals surface area contributed by atoms with Gasteiger partial charge in [-0.2, -0.15) is 0 Å². The molecule has 0 saturated carbocycles. The number of carbonyl (C=O) groups excluding carboxylic acids is 1. The maximum atomic E-state index is 11.6. The molecule has 1 aromatic rings. The molecule has 4 nitrogen and oxygen atoms in total. The van der Waals surface area contributed by atoms with Crippen molar-refractivity contribution in [1.82, 2.24) is 0 Å². The van der Waals surface area contributed by atoms with Gasteiger partial charge in [-0.15, -0.1) is 0 Å². The normalized spacial score (nSPS) is 19.7. The molecule has 0 aromatic heterocycles. The average Bonchev–Trinajstić information content (AvgIpc) is 2.39. The molecule has 98 valence electrons. The maximum Gasteiger partial charge on any atom is 0.337 e. The summed E-state index contributed by atoms with van der Waals surface area (Å²) in [5.74, 6) is -0.319. The second kappa shape index (κ2) is 5.29. The van der Waals surface area contributed by atoms with Gasteiger partial charge in [0.15, 0.2) is 0 Å². The van der Waals surface area contributed by atoms with Crippen molar-refractivity contribution in [2.75, 3.05) is 24.3 Å². The van der Waals surface area contributed by atoms with Gasteiger partial charge in [-0.3, -0.25) is 0 Å². The van der Waals surface area contributed by atoms with Crippen LogP contribution in [0.5, 0.6) is 0 Å². The molecule has 1 aromatic carbocycles. The van der Waals surface area contributed by atoms with E-state index in [1.165, 1.54) is 26.4 Å². The van der Waals surface area contributed by atoms with E-state index in [2.05, 4.69) is 11.8 Å². The fourth-order valence-corrected chi connectivity index (χ4v) is 2.49. The summed E-state index contributed by atoms with van der Waals surface area (Å²) in [5.41, 5.74) is 8.25. The van der Waals surface area contributed by atoms with Crippen LogP contribution in [0, 0.1) is 0 Å². The summed E-state index contributed by atoms with van der Waals surface area (Å²) in [5, 5.41) is 0. The molecule has 0 bridgehead atoms. The Hall–Kier alpha value is -1.71. The van der Waals surface area contributed by atoms with Crippen molar-refractivity contribution >= 4 is 17.3 Å². The topological polar surface area (TPSA) is 55.6 Å². The first-order chi connectivity index (χ1) is 8.63. The van der Waals surface area contributed by atoms with E-state index in [9.17, 15) is 4.79 Å². The number of methoxy groups -OCH3 is 1. The molecule has 2 rings (SSSR count). The largest absolute Gasteiger partial charge is 0.465 e. The Morgan fingerprint density at radius 1 is 1.44 bits per heavy atom. The third kappa shape index (κ3) is 2.42. The van der Waals surface area contributed by atoms with Crippen molar-refractivity contribution < 1.29 is 9.53 Å². The van der Waals surface area contributed by atoms with Gasteiger partial charge in [0.1, 0.15) is 0 Å². The highest BCUT2D eigenvalue weighted by molar-refractivity contribution is 5.92. The third-order valence-corrected chi connectivity index (χ3v) is 3.56. The van der Waals surface area contributed by atoms with Gasteiger partial charge in [0.25, 0.3) is 0 Å². The zero-order valence-corrected chi connectivity index (χ0v) is 11.0. The standard InChI is InChI=1S/C14H20N2O2/c1-10-5-3-4-8-16(10)13-9-11(14(17)18-2)6-7-12(13)15/h6-7,9-10H,3-5,8,15H2,1-2H3. The van der Waals surface area contributed by atoms with Crippen LogP contribution in [0.1, 0.15) is 36.5 Å². The zero-order chi connectivity index (χ0) is 13.1. The summed E-state index contributed by atoms with van der Waals surface area (Å²) in [6, 6.07) is 5.79. The van der Waals surface area contributed by atoms with Crippen LogP contribution in [-0.4, -0.2) is 25.7 Å². The number of hydrogen-bond acceptors (Lipinski definition) is 4. The molecule has 0 aliphatic carbocycles. The summed E-state index contributed by atoms with van der Waals surface area (Å²) in [6.07, 6.45) is 3.60. The SMILES string of the molecule is COC(=O)c1ccc(N)c(N2CCCCC2C)c1. The lowest BCUT2D eigenvalue weighted by Gasteiger charge is -2.36. The minimum Gasteiger partial charge on any atom is -0.465 e. The van der Waals surface area contributed by atoms with Gasteiger partial charge in [-0.1, -0.05) is 0 Å². The Bertz CT molecular complexity index is 445. The summed E-state index contributed by atoms with van der Waals surface area (Å²) >= 11 is 0. The Morgan fingerprint density at radius 2 is 2.22 bits per heavy atom. The number of carbonyl (C=O) groups is 1. The number of rotatable bonds is 2. The van der Waals surface area contributed by atoms with E-state index in [1.807, 2.05) is 6.07 Å². The zero-order valence-electron chi connectivity index (χ0n) is 11.0. The summed E-state index contributed by atoms with van der Waals surface area (Å²) < 4.78 is 4.75. The fourth-order valence-electron chi connectivity index (χ4n) is 2.49. The highest BCUT2D eigenvalue weighted by Gasteiger charge is 2.21. The second-order valence-electron chi connectivity index (χ2n) is 4.80. The first-order valence-corrected chi connectivity index (χ1v) is 6.38. The molecule has 1 unspecified atom stereocenters. The molecule has 0 radical (unpaired) electrons. The van der Waals surface area contributed by atoms with E-state index in [0.717, 1.165) is 17.9 Å². The van der Waals surface area contributed by atoms with Gasteiger partial charge < -0.3 is 15.4 Å². The fraction of sp³-hybridized carbons (Fsp3) is 0.500. The number of nitrogens with zero attached hydrogens (tertiary/aromatic N) is 1. The van der Waals surface area contributed by atoms with Gasteiger partial charge in [-0.25, -0.2) is 4.79 Å². The minimum absolute atomic E-state index is 0.319. The third-order valence-electron chi connectivity index (χ3n) is 3.56. The Balaban J connectivity index is 2.33. The first kappa shape index (κ1) is 12.7. The van der Waals surface area contributed by atoms with Gasteiger partial charge in [0.05, 0.1) is 24.0 Å². The molecule has 2 N–H and O–H groups in total. The smallest absolute Gasteiger partial charge is 0.337 e. The van der Waals surface area contributed by atoms with E-state index in [0.29, 0.717) is 11.6 Å². The molecule has 0 amide bonds. The van der Waals surface area contributed by atoms with Crippen LogP contribution in [0.3, 0.4) is 0 Å². The molecule has 4 heteroatoms. The number of piperidine rings is 1. The number of anilines is 2. The first-order valence-electron chi connectivity index (χ1n) is 6.38.